The summed E-state index contributed by atoms with van der Waals surface area (Å²) in [7, 11) is 2.07. The van der Waals surface area contributed by atoms with Crippen LogP contribution in [0.25, 0.3) is 0 Å². The van der Waals surface area contributed by atoms with E-state index in [0.29, 0.717) is 6.04 Å². The number of likely N-dealkylation sites (N-methyl/N-ethyl adjacent to an activating group) is 1. The van der Waals surface area contributed by atoms with Gasteiger partial charge in [0.15, 0.2) is 12.1 Å². The summed E-state index contributed by atoms with van der Waals surface area (Å²) < 4.78 is 7.99. The van der Waals surface area contributed by atoms with E-state index in [0.717, 1.165) is 5.90 Å². The number of rotatable bonds is 1. The number of hydrogen-bond donors (Lipinski definition) is 0. The quantitative estimate of drug-likeness (QED) is 0.618. The highest BCUT2D eigenvalue weighted by Crippen LogP contribution is 2.27. The molecule has 0 amide bonds. The zero-order chi connectivity index (χ0) is 10.1. The summed E-state index contributed by atoms with van der Waals surface area (Å²) in [6.45, 7) is 4.20. The van der Waals surface area contributed by atoms with Crippen LogP contribution in [-0.4, -0.2) is 23.6 Å². The third-order valence-electron chi connectivity index (χ3n) is 2.97. The number of nitrogens with zero attached hydrogens (tertiary/aromatic N) is 1. The Morgan fingerprint density at radius 2 is 1.86 bits per heavy atom. The molecule has 74 valence electrons. The zero-order valence-corrected chi connectivity index (χ0v) is 8.90. The Hall–Kier alpha value is -1.31. The van der Waals surface area contributed by atoms with Crippen LogP contribution in [0, 0.1) is 0 Å². The maximum Gasteiger partial charge on any atom is 0.334 e. The van der Waals surface area contributed by atoms with Gasteiger partial charge in [-0.25, -0.2) is 0 Å². The molecule has 1 aliphatic rings. The molecule has 0 aliphatic carbocycles. The van der Waals surface area contributed by atoms with Gasteiger partial charge in [0.2, 0.25) is 0 Å². The van der Waals surface area contributed by atoms with Gasteiger partial charge in [0, 0.05) is 6.92 Å². The first-order valence-electron chi connectivity index (χ1n) is 4.98. The highest BCUT2D eigenvalue weighted by atomic mass is 16.5. The third-order valence-corrected chi connectivity index (χ3v) is 2.97. The Morgan fingerprint density at radius 3 is 2.36 bits per heavy atom. The van der Waals surface area contributed by atoms with Crippen molar-refractivity contribution in [1.82, 2.24) is 0 Å². The molecule has 1 aromatic rings. The normalized spacial score (nSPS) is 26.5. The number of hydrogen-bond acceptors (Lipinski definition) is 1. The van der Waals surface area contributed by atoms with Crippen LogP contribution in [0.15, 0.2) is 30.3 Å². The monoisotopic (exact) mass is 190 g/mol. The first-order valence-corrected chi connectivity index (χ1v) is 4.98. The van der Waals surface area contributed by atoms with Crippen LogP contribution in [0.1, 0.15) is 25.5 Å². The zero-order valence-electron chi connectivity index (χ0n) is 8.90. The molecule has 0 saturated heterocycles. The molecular formula is C12H16NO+. The van der Waals surface area contributed by atoms with E-state index in [9.17, 15) is 0 Å². The first-order chi connectivity index (χ1) is 6.70. The van der Waals surface area contributed by atoms with Crippen molar-refractivity contribution >= 4 is 5.90 Å². The van der Waals surface area contributed by atoms with Crippen LogP contribution in [0.2, 0.25) is 0 Å². The van der Waals surface area contributed by atoms with Crippen molar-refractivity contribution < 1.29 is 9.31 Å². The lowest BCUT2D eigenvalue weighted by Crippen LogP contribution is -2.20. The lowest BCUT2D eigenvalue weighted by Gasteiger charge is -2.11. The van der Waals surface area contributed by atoms with Crippen LogP contribution in [0.5, 0.6) is 0 Å². The minimum Gasteiger partial charge on any atom is -0.433 e. The van der Waals surface area contributed by atoms with Gasteiger partial charge < -0.3 is 4.74 Å². The van der Waals surface area contributed by atoms with Gasteiger partial charge >= 0.3 is 5.90 Å². The molecule has 0 bridgehead atoms. The molecule has 1 heterocycles. The summed E-state index contributed by atoms with van der Waals surface area (Å²) in [5, 5.41) is 0. The Balaban J connectivity index is 2.25. The van der Waals surface area contributed by atoms with Gasteiger partial charge in [-0.15, -0.1) is 0 Å². The predicted molar refractivity (Wildman–Crippen MR) is 56.6 cm³/mol. The molecule has 0 spiro atoms. The molecule has 0 saturated carbocycles. The minimum atomic E-state index is 0.182. The van der Waals surface area contributed by atoms with Gasteiger partial charge in [0.1, 0.15) is 7.05 Å². The molecule has 0 aromatic heterocycles. The molecule has 0 fully saturated rings. The molecular weight excluding hydrogens is 174 g/mol. The second kappa shape index (κ2) is 3.45. The van der Waals surface area contributed by atoms with E-state index in [4.69, 9.17) is 4.74 Å². The Morgan fingerprint density at radius 1 is 1.21 bits per heavy atom. The topological polar surface area (TPSA) is 12.2 Å². The van der Waals surface area contributed by atoms with E-state index in [1.165, 1.54) is 5.56 Å². The van der Waals surface area contributed by atoms with E-state index >= 15 is 0 Å². The van der Waals surface area contributed by atoms with Gasteiger partial charge in [-0.2, -0.15) is 4.58 Å². The second-order valence-corrected chi connectivity index (χ2v) is 3.82. The smallest absolute Gasteiger partial charge is 0.334 e. The van der Waals surface area contributed by atoms with E-state index in [1.54, 1.807) is 0 Å². The molecule has 2 atom stereocenters. The highest BCUT2D eigenvalue weighted by Gasteiger charge is 2.36. The molecule has 2 rings (SSSR count). The highest BCUT2D eigenvalue weighted by molar-refractivity contribution is 5.69. The molecule has 2 nitrogen and oxygen atoms in total. The fourth-order valence-electron chi connectivity index (χ4n) is 1.84. The molecule has 1 aliphatic heterocycles. The van der Waals surface area contributed by atoms with Crippen molar-refractivity contribution in [2.75, 3.05) is 7.05 Å². The fraction of sp³-hybridized carbons (Fsp3) is 0.417. The van der Waals surface area contributed by atoms with E-state index in [2.05, 4.69) is 42.8 Å². The van der Waals surface area contributed by atoms with Gasteiger partial charge in [-0.05, 0) is 5.56 Å². The Bertz CT molecular complexity index is 356. The van der Waals surface area contributed by atoms with Crippen molar-refractivity contribution in [3.05, 3.63) is 35.9 Å². The van der Waals surface area contributed by atoms with E-state index < -0.39 is 0 Å². The fourth-order valence-corrected chi connectivity index (χ4v) is 1.84. The average molecular weight is 190 g/mol. The Labute approximate surface area is 84.8 Å². The SMILES string of the molecule is CC1=[N+](C)[C@@H](C)[C@@H](c2ccccc2)O1. The molecule has 0 radical (unpaired) electrons. The van der Waals surface area contributed by atoms with Crippen molar-refractivity contribution in [1.29, 1.82) is 0 Å². The van der Waals surface area contributed by atoms with Crippen LogP contribution in [0.4, 0.5) is 0 Å². The largest absolute Gasteiger partial charge is 0.433 e. The Kier molecular flexibility index (Phi) is 2.28. The summed E-state index contributed by atoms with van der Waals surface area (Å²) in [5.74, 6) is 1.01. The molecule has 0 unspecified atom stereocenters. The third kappa shape index (κ3) is 1.41. The summed E-state index contributed by atoms with van der Waals surface area (Å²) >= 11 is 0. The molecule has 1 aromatic carbocycles. The van der Waals surface area contributed by atoms with Gasteiger partial charge in [0.05, 0.1) is 6.92 Å². The maximum absolute atomic E-state index is 5.81. The standard InChI is InChI=1S/C12H16NO/c1-9-12(14-10(2)13(9)3)11-7-5-4-6-8-11/h4-9,12H,1-3H3/q+1/t9-,12-/m0/s1. The van der Waals surface area contributed by atoms with Crippen molar-refractivity contribution in [3.8, 4) is 0 Å². The van der Waals surface area contributed by atoms with Crippen LogP contribution >= 0.6 is 0 Å². The lowest BCUT2D eigenvalue weighted by molar-refractivity contribution is -0.528. The lowest BCUT2D eigenvalue weighted by atomic mass is 10.0. The number of benzene rings is 1. The number of ether oxygens (including phenoxy) is 1. The first kappa shape index (κ1) is 9.25. The van der Waals surface area contributed by atoms with Gasteiger partial charge in [0.25, 0.3) is 0 Å². The van der Waals surface area contributed by atoms with Crippen LogP contribution in [-0.2, 0) is 4.74 Å². The molecule has 2 heteroatoms. The van der Waals surface area contributed by atoms with Crippen molar-refractivity contribution in [3.63, 3.8) is 0 Å². The van der Waals surface area contributed by atoms with Crippen molar-refractivity contribution in [2.24, 2.45) is 0 Å². The maximum atomic E-state index is 5.81. The average Bonchev–Trinajstić information content (AvgIpc) is 2.47. The minimum absolute atomic E-state index is 0.182. The summed E-state index contributed by atoms with van der Waals surface area (Å²) in [6.07, 6.45) is 0.182. The summed E-state index contributed by atoms with van der Waals surface area (Å²) in [4.78, 5) is 0. The summed E-state index contributed by atoms with van der Waals surface area (Å²) in [5.41, 5.74) is 1.25. The van der Waals surface area contributed by atoms with E-state index in [1.807, 2.05) is 13.0 Å². The molecule has 14 heavy (non-hydrogen) atoms. The van der Waals surface area contributed by atoms with E-state index in [-0.39, 0.29) is 6.10 Å². The van der Waals surface area contributed by atoms with Crippen LogP contribution in [0.3, 0.4) is 0 Å². The second-order valence-electron chi connectivity index (χ2n) is 3.82. The van der Waals surface area contributed by atoms with Crippen molar-refractivity contribution in [2.45, 2.75) is 26.0 Å². The van der Waals surface area contributed by atoms with Crippen LogP contribution < -0.4 is 0 Å². The molecule has 0 N–H and O–H groups in total. The van der Waals surface area contributed by atoms with Gasteiger partial charge in [-0.1, -0.05) is 30.3 Å². The summed E-state index contributed by atoms with van der Waals surface area (Å²) in [6, 6.07) is 10.8. The van der Waals surface area contributed by atoms with Gasteiger partial charge in [-0.3, -0.25) is 0 Å². The predicted octanol–water partition coefficient (Wildman–Crippen LogP) is 2.21.